The van der Waals surface area contributed by atoms with Gasteiger partial charge in [0.1, 0.15) is 0 Å². The van der Waals surface area contributed by atoms with Crippen LogP contribution in [-0.2, 0) is 4.79 Å². The minimum absolute atomic E-state index is 0.249. The van der Waals surface area contributed by atoms with Gasteiger partial charge in [0.05, 0.1) is 4.99 Å². The van der Waals surface area contributed by atoms with E-state index in [0.717, 1.165) is 12.2 Å². The Labute approximate surface area is 75.9 Å². The zero-order chi connectivity index (χ0) is 8.69. The summed E-state index contributed by atoms with van der Waals surface area (Å²) in [4.78, 5) is 10.8. The predicted octanol–water partition coefficient (Wildman–Crippen LogP) is 0.271. The Morgan fingerprint density at radius 1 is 1.45 bits per heavy atom. The molecule has 0 aliphatic heterocycles. The molecule has 0 atom stereocenters. The Bertz CT molecular complexity index is 134. The minimum Gasteiger partial charge on any atom is -0.393 e. The summed E-state index contributed by atoms with van der Waals surface area (Å²) in [6, 6.07) is 0. The smallest absolute Gasteiger partial charge is 0.217 e. The summed E-state index contributed by atoms with van der Waals surface area (Å²) in [6.45, 7) is 0. The summed E-state index contributed by atoms with van der Waals surface area (Å²) in [6.07, 6.45) is 1.26. The van der Waals surface area contributed by atoms with Gasteiger partial charge in [-0.2, -0.15) is 11.8 Å². The largest absolute Gasteiger partial charge is 0.393 e. The molecule has 11 heavy (non-hydrogen) atoms. The van der Waals surface area contributed by atoms with E-state index < -0.39 is 0 Å². The Balaban J connectivity index is 3.03. The van der Waals surface area contributed by atoms with E-state index in [9.17, 15) is 4.79 Å². The van der Waals surface area contributed by atoms with Crippen LogP contribution in [0, 0.1) is 0 Å². The van der Waals surface area contributed by atoms with Crippen molar-refractivity contribution >= 4 is 34.9 Å². The van der Waals surface area contributed by atoms with Crippen LogP contribution < -0.4 is 11.5 Å². The molecule has 0 rings (SSSR count). The fraction of sp³-hybridized carbons (Fsp3) is 0.667. The zero-order valence-corrected chi connectivity index (χ0v) is 7.84. The number of hydrogen-bond acceptors (Lipinski definition) is 3. The number of nitrogens with two attached hydrogens (primary N) is 2. The molecular formula is C6H12N2OS2. The third-order valence-corrected chi connectivity index (χ3v) is 2.38. The summed E-state index contributed by atoms with van der Waals surface area (Å²) in [5, 5.41) is 0. The first-order valence-electron chi connectivity index (χ1n) is 3.27. The molecule has 5 heteroatoms. The molecule has 0 saturated carbocycles. The first kappa shape index (κ1) is 10.7. The standard InChI is InChI=1S/C6H12N2OS2/c7-5(9)2-1-3-11-4-6(8)10/h1-4H2,(H2,7,9)(H2,8,10). The Morgan fingerprint density at radius 2 is 2.09 bits per heavy atom. The molecule has 0 bridgehead atoms. The third kappa shape index (κ3) is 9.71. The fourth-order valence-corrected chi connectivity index (χ4v) is 1.47. The molecule has 0 aromatic heterocycles. The van der Waals surface area contributed by atoms with Gasteiger partial charge in [0.25, 0.3) is 0 Å². The second-order valence-electron chi connectivity index (χ2n) is 2.09. The number of thiocarbonyl (C=S) groups is 1. The van der Waals surface area contributed by atoms with E-state index >= 15 is 0 Å². The van der Waals surface area contributed by atoms with E-state index in [-0.39, 0.29) is 5.91 Å². The Kier molecular flexibility index (Phi) is 6.25. The fourth-order valence-electron chi connectivity index (χ4n) is 0.521. The number of carbonyl (C=O) groups excluding carboxylic acids is 1. The van der Waals surface area contributed by atoms with Crippen LogP contribution in [0.25, 0.3) is 0 Å². The van der Waals surface area contributed by atoms with Crippen molar-refractivity contribution in [3.8, 4) is 0 Å². The lowest BCUT2D eigenvalue weighted by Gasteiger charge is -1.97. The topological polar surface area (TPSA) is 69.1 Å². The Hall–Kier alpha value is -0.290. The Morgan fingerprint density at radius 3 is 2.55 bits per heavy atom. The van der Waals surface area contributed by atoms with Crippen molar-refractivity contribution in [2.24, 2.45) is 11.5 Å². The molecule has 0 aliphatic rings. The first-order valence-corrected chi connectivity index (χ1v) is 4.83. The van der Waals surface area contributed by atoms with E-state index in [1.54, 1.807) is 11.8 Å². The third-order valence-electron chi connectivity index (χ3n) is 0.956. The van der Waals surface area contributed by atoms with Crippen molar-refractivity contribution in [3.63, 3.8) is 0 Å². The molecule has 4 N–H and O–H groups in total. The lowest BCUT2D eigenvalue weighted by atomic mass is 10.3. The number of hydrogen-bond donors (Lipinski definition) is 2. The van der Waals surface area contributed by atoms with Gasteiger partial charge >= 0.3 is 0 Å². The maximum absolute atomic E-state index is 10.3. The summed E-state index contributed by atoms with van der Waals surface area (Å²) in [5.74, 6) is 1.33. The van der Waals surface area contributed by atoms with Crippen molar-refractivity contribution < 1.29 is 4.79 Å². The maximum atomic E-state index is 10.3. The molecule has 1 amide bonds. The van der Waals surface area contributed by atoms with Gasteiger partial charge in [-0.15, -0.1) is 0 Å². The second kappa shape index (κ2) is 6.42. The van der Waals surface area contributed by atoms with Crippen molar-refractivity contribution in [3.05, 3.63) is 0 Å². The van der Waals surface area contributed by atoms with Crippen LogP contribution in [-0.4, -0.2) is 22.4 Å². The molecule has 0 radical (unpaired) electrons. The van der Waals surface area contributed by atoms with Crippen LogP contribution in [0.4, 0.5) is 0 Å². The second-order valence-corrected chi connectivity index (χ2v) is 3.72. The molecule has 3 nitrogen and oxygen atoms in total. The average molecular weight is 192 g/mol. The minimum atomic E-state index is -0.249. The molecule has 0 aromatic rings. The van der Waals surface area contributed by atoms with Crippen LogP contribution in [0.5, 0.6) is 0 Å². The summed E-state index contributed by atoms with van der Waals surface area (Å²) in [7, 11) is 0. The van der Waals surface area contributed by atoms with Gasteiger partial charge in [-0.1, -0.05) is 12.2 Å². The normalized spacial score (nSPS) is 9.45. The predicted molar refractivity (Wildman–Crippen MR) is 52.5 cm³/mol. The van der Waals surface area contributed by atoms with Crippen LogP contribution in [0.3, 0.4) is 0 Å². The molecule has 0 saturated heterocycles. The number of thioether (sulfide) groups is 1. The average Bonchev–Trinajstić information content (AvgIpc) is 1.85. The van der Waals surface area contributed by atoms with Gasteiger partial charge in [-0.25, -0.2) is 0 Å². The monoisotopic (exact) mass is 192 g/mol. The van der Waals surface area contributed by atoms with Gasteiger partial charge in [0, 0.05) is 12.2 Å². The lowest BCUT2D eigenvalue weighted by molar-refractivity contribution is -0.118. The maximum Gasteiger partial charge on any atom is 0.217 e. The highest BCUT2D eigenvalue weighted by Gasteiger charge is 1.94. The van der Waals surface area contributed by atoms with E-state index in [1.165, 1.54) is 0 Å². The van der Waals surface area contributed by atoms with Crippen LogP contribution in [0.15, 0.2) is 0 Å². The highest BCUT2D eigenvalue weighted by Crippen LogP contribution is 2.03. The molecule has 0 aliphatic carbocycles. The zero-order valence-electron chi connectivity index (χ0n) is 6.21. The highest BCUT2D eigenvalue weighted by molar-refractivity contribution is 8.01. The van der Waals surface area contributed by atoms with E-state index in [1.807, 2.05) is 0 Å². The van der Waals surface area contributed by atoms with Gasteiger partial charge in [-0.05, 0) is 12.2 Å². The van der Waals surface area contributed by atoms with Crippen LogP contribution in [0.2, 0.25) is 0 Å². The lowest BCUT2D eigenvalue weighted by Crippen LogP contribution is -2.12. The van der Waals surface area contributed by atoms with Gasteiger partial charge in [-0.3, -0.25) is 4.79 Å². The van der Waals surface area contributed by atoms with Crippen LogP contribution in [0.1, 0.15) is 12.8 Å². The van der Waals surface area contributed by atoms with Crippen LogP contribution >= 0.6 is 24.0 Å². The molecule has 0 heterocycles. The van der Waals surface area contributed by atoms with Crippen molar-refractivity contribution in [2.45, 2.75) is 12.8 Å². The SMILES string of the molecule is NC(=O)CCCSCC(N)=S. The summed E-state index contributed by atoms with van der Waals surface area (Å²) in [5.41, 5.74) is 10.2. The summed E-state index contributed by atoms with van der Waals surface area (Å²) >= 11 is 6.29. The highest BCUT2D eigenvalue weighted by atomic mass is 32.2. The van der Waals surface area contributed by atoms with Crippen molar-refractivity contribution in [1.82, 2.24) is 0 Å². The molecule has 0 aromatic carbocycles. The molecular weight excluding hydrogens is 180 g/mol. The van der Waals surface area contributed by atoms with Crippen molar-refractivity contribution in [2.75, 3.05) is 11.5 Å². The molecule has 0 fully saturated rings. The van der Waals surface area contributed by atoms with Crippen molar-refractivity contribution in [1.29, 1.82) is 0 Å². The van der Waals surface area contributed by atoms with Gasteiger partial charge < -0.3 is 11.5 Å². The van der Waals surface area contributed by atoms with E-state index in [4.69, 9.17) is 11.5 Å². The van der Waals surface area contributed by atoms with E-state index in [0.29, 0.717) is 17.2 Å². The number of rotatable bonds is 6. The molecule has 0 unspecified atom stereocenters. The summed E-state index contributed by atoms with van der Waals surface area (Å²) < 4.78 is 0. The number of primary amides is 1. The first-order chi connectivity index (χ1) is 5.13. The number of amides is 1. The molecule has 0 spiro atoms. The van der Waals surface area contributed by atoms with Gasteiger partial charge in [0.15, 0.2) is 0 Å². The van der Waals surface area contributed by atoms with Gasteiger partial charge in [0.2, 0.25) is 5.91 Å². The number of carbonyl (C=O) groups is 1. The quantitative estimate of drug-likeness (QED) is 0.468. The van der Waals surface area contributed by atoms with E-state index in [2.05, 4.69) is 12.2 Å². The molecule has 64 valence electrons.